The lowest BCUT2D eigenvalue weighted by molar-refractivity contribution is 0.262. The van der Waals surface area contributed by atoms with Gasteiger partial charge in [0.25, 0.3) is 5.56 Å². The summed E-state index contributed by atoms with van der Waals surface area (Å²) in [6, 6.07) is 10.5. The number of para-hydroxylation sites is 1. The van der Waals surface area contributed by atoms with Crippen molar-refractivity contribution in [2.75, 3.05) is 23.7 Å². The zero-order valence-corrected chi connectivity index (χ0v) is 18.2. The molecule has 0 aliphatic heterocycles. The Hall–Kier alpha value is -4.25. The monoisotopic (exact) mass is 449 g/mol. The fraction of sp³-hybridized carbons (Fsp3) is 0.227. The lowest BCUT2D eigenvalue weighted by atomic mass is 10.1. The highest BCUT2D eigenvalue weighted by atomic mass is 16.2. The molecule has 11 heteroatoms. The number of urea groups is 1. The summed E-state index contributed by atoms with van der Waals surface area (Å²) in [6.07, 6.45) is 3.93. The van der Waals surface area contributed by atoms with Crippen molar-refractivity contribution < 1.29 is 4.79 Å². The molecule has 3 aromatic rings. The second-order valence-electron chi connectivity index (χ2n) is 7.27. The van der Waals surface area contributed by atoms with Crippen molar-refractivity contribution in [3.8, 4) is 11.1 Å². The molecule has 11 nitrogen and oxygen atoms in total. The van der Waals surface area contributed by atoms with Crippen LogP contribution in [0.15, 0.2) is 53.6 Å². The number of guanidine groups is 1. The number of hydrogen-bond donors (Lipinski definition) is 7. The van der Waals surface area contributed by atoms with Gasteiger partial charge in [0.05, 0.1) is 11.3 Å². The Kier molecular flexibility index (Phi) is 8.08. The Balaban J connectivity index is 1.54. The van der Waals surface area contributed by atoms with Gasteiger partial charge < -0.3 is 26.7 Å². The van der Waals surface area contributed by atoms with E-state index in [0.717, 1.165) is 24.2 Å². The van der Waals surface area contributed by atoms with Gasteiger partial charge in [-0.2, -0.15) is 4.98 Å². The van der Waals surface area contributed by atoms with E-state index in [1.165, 1.54) is 6.20 Å². The van der Waals surface area contributed by atoms with Gasteiger partial charge in [0, 0.05) is 36.7 Å². The number of nitrogens with one attached hydrogen (secondary N) is 6. The van der Waals surface area contributed by atoms with Crippen LogP contribution < -0.4 is 32.6 Å². The smallest absolute Gasteiger partial charge is 0.326 e. The van der Waals surface area contributed by atoms with Gasteiger partial charge in [-0.1, -0.05) is 24.3 Å². The molecule has 0 bridgehead atoms. The molecule has 0 saturated carbocycles. The molecule has 2 heterocycles. The van der Waals surface area contributed by atoms with Crippen molar-refractivity contribution in [2.24, 2.45) is 5.73 Å². The Morgan fingerprint density at radius 3 is 2.67 bits per heavy atom. The molecular weight excluding hydrogens is 422 g/mol. The maximum absolute atomic E-state index is 12.5. The van der Waals surface area contributed by atoms with Gasteiger partial charge in [-0.05, 0) is 37.6 Å². The molecule has 0 atom stereocenters. The van der Waals surface area contributed by atoms with Crippen LogP contribution in [0.2, 0.25) is 0 Å². The predicted octanol–water partition coefficient (Wildman–Crippen LogP) is 1.75. The molecule has 0 fully saturated rings. The van der Waals surface area contributed by atoms with E-state index in [4.69, 9.17) is 11.1 Å². The molecule has 0 saturated heterocycles. The zero-order chi connectivity index (χ0) is 23.6. The molecule has 2 aromatic heterocycles. The normalized spacial score (nSPS) is 10.5. The van der Waals surface area contributed by atoms with Crippen LogP contribution in [-0.4, -0.2) is 40.0 Å². The molecule has 3 rings (SSSR count). The first kappa shape index (κ1) is 23.4. The number of anilines is 2. The van der Waals surface area contributed by atoms with Crippen molar-refractivity contribution in [2.45, 2.75) is 19.9 Å². The minimum absolute atomic E-state index is 0.0360. The van der Waals surface area contributed by atoms with E-state index in [-0.39, 0.29) is 11.9 Å². The van der Waals surface area contributed by atoms with Crippen molar-refractivity contribution in [1.29, 1.82) is 5.41 Å². The fourth-order valence-electron chi connectivity index (χ4n) is 2.98. The molecule has 1 aromatic carbocycles. The lowest BCUT2D eigenvalue weighted by Crippen LogP contribution is -2.32. The van der Waals surface area contributed by atoms with Gasteiger partial charge in [-0.3, -0.25) is 20.5 Å². The van der Waals surface area contributed by atoms with Gasteiger partial charge in [-0.15, -0.1) is 0 Å². The third kappa shape index (κ3) is 7.14. The number of H-pyrrole nitrogens is 1. The first-order valence-corrected chi connectivity index (χ1v) is 10.4. The second kappa shape index (κ2) is 11.4. The van der Waals surface area contributed by atoms with Crippen molar-refractivity contribution >= 4 is 23.6 Å². The summed E-state index contributed by atoms with van der Waals surface area (Å²) in [6.45, 7) is 3.84. The third-order valence-electron chi connectivity index (χ3n) is 4.71. The number of aryl methyl sites for hydroxylation is 1. The van der Waals surface area contributed by atoms with E-state index in [2.05, 4.69) is 36.2 Å². The van der Waals surface area contributed by atoms with Crippen LogP contribution in [0.25, 0.3) is 11.1 Å². The van der Waals surface area contributed by atoms with E-state index in [0.29, 0.717) is 29.9 Å². The van der Waals surface area contributed by atoms with E-state index in [1.54, 1.807) is 18.3 Å². The highest BCUT2D eigenvalue weighted by Gasteiger charge is 2.10. The van der Waals surface area contributed by atoms with Crippen molar-refractivity contribution in [3.63, 3.8) is 0 Å². The summed E-state index contributed by atoms with van der Waals surface area (Å²) >= 11 is 0. The quantitative estimate of drug-likeness (QED) is 0.148. The average molecular weight is 450 g/mol. The Labute approximate surface area is 190 Å². The zero-order valence-electron chi connectivity index (χ0n) is 18.2. The Morgan fingerprint density at radius 1 is 1.15 bits per heavy atom. The highest BCUT2D eigenvalue weighted by molar-refractivity contribution is 5.99. The number of benzene rings is 1. The number of hydrogen-bond acceptors (Lipinski definition) is 6. The maximum Gasteiger partial charge on any atom is 0.326 e. The van der Waals surface area contributed by atoms with Gasteiger partial charge >= 0.3 is 6.03 Å². The summed E-state index contributed by atoms with van der Waals surface area (Å²) < 4.78 is 0. The van der Waals surface area contributed by atoms with Gasteiger partial charge in [0.2, 0.25) is 5.95 Å². The van der Waals surface area contributed by atoms with E-state index in [9.17, 15) is 9.59 Å². The summed E-state index contributed by atoms with van der Waals surface area (Å²) in [7, 11) is 0. The fourth-order valence-corrected chi connectivity index (χ4v) is 2.98. The van der Waals surface area contributed by atoms with Crippen LogP contribution in [0.5, 0.6) is 0 Å². The number of pyridine rings is 1. The molecule has 0 aliphatic rings. The summed E-state index contributed by atoms with van der Waals surface area (Å²) in [5, 5.41) is 18.3. The summed E-state index contributed by atoms with van der Waals surface area (Å²) in [4.78, 5) is 35.8. The molecule has 172 valence electrons. The standard InChI is InChI=1S/C22H27N9O2/c1-14-5-2-3-6-18(14)29-22(33)31-21-28-13-17(19(32)30-21)15-7-8-16(27-11-15)12-25-9-4-10-26-20(23)24/h2-3,5-8,11,13,25H,4,9-10,12H2,1H3,(H4,23,24,26)(H3,28,29,30,31,32,33). The minimum Gasteiger partial charge on any atom is -0.370 e. The molecule has 0 aliphatic carbocycles. The van der Waals surface area contributed by atoms with E-state index >= 15 is 0 Å². The number of rotatable bonds is 9. The molecule has 33 heavy (non-hydrogen) atoms. The van der Waals surface area contributed by atoms with Gasteiger partial charge in [-0.25, -0.2) is 4.79 Å². The van der Waals surface area contributed by atoms with E-state index < -0.39 is 11.6 Å². The number of carbonyl (C=O) groups is 1. The van der Waals surface area contributed by atoms with Gasteiger partial charge in [0.1, 0.15) is 0 Å². The molecule has 0 radical (unpaired) electrons. The molecule has 8 N–H and O–H groups in total. The molecule has 0 unspecified atom stereocenters. The Morgan fingerprint density at radius 2 is 1.97 bits per heavy atom. The number of nitrogens with two attached hydrogens (primary N) is 1. The van der Waals surface area contributed by atoms with Crippen LogP contribution in [0.4, 0.5) is 16.4 Å². The highest BCUT2D eigenvalue weighted by Crippen LogP contribution is 2.15. The first-order chi connectivity index (χ1) is 15.9. The number of amides is 2. The number of aromatic amines is 1. The number of nitrogens with zero attached hydrogens (tertiary/aromatic N) is 2. The minimum atomic E-state index is -0.504. The van der Waals surface area contributed by atoms with Crippen LogP contribution in [0.1, 0.15) is 17.7 Å². The van der Waals surface area contributed by atoms with Crippen molar-refractivity contribution in [1.82, 2.24) is 25.6 Å². The molecular formula is C22H27N9O2. The largest absolute Gasteiger partial charge is 0.370 e. The van der Waals surface area contributed by atoms with E-state index in [1.807, 2.05) is 31.2 Å². The van der Waals surface area contributed by atoms with Crippen LogP contribution in [-0.2, 0) is 6.54 Å². The second-order valence-corrected chi connectivity index (χ2v) is 7.27. The first-order valence-electron chi connectivity index (χ1n) is 10.4. The van der Waals surface area contributed by atoms with Crippen LogP contribution in [0, 0.1) is 12.3 Å². The predicted molar refractivity (Wildman–Crippen MR) is 128 cm³/mol. The van der Waals surface area contributed by atoms with Crippen LogP contribution >= 0.6 is 0 Å². The topological polar surface area (TPSA) is 174 Å². The van der Waals surface area contributed by atoms with Gasteiger partial charge in [0.15, 0.2) is 5.96 Å². The number of carbonyl (C=O) groups excluding carboxylic acids is 1. The Bertz CT molecular complexity index is 1160. The maximum atomic E-state index is 12.5. The molecule has 2 amide bonds. The lowest BCUT2D eigenvalue weighted by Gasteiger charge is -2.09. The third-order valence-corrected chi connectivity index (χ3v) is 4.71. The molecule has 0 spiro atoms. The number of aromatic nitrogens is 3. The van der Waals surface area contributed by atoms with Crippen LogP contribution in [0.3, 0.4) is 0 Å². The summed E-state index contributed by atoms with van der Waals surface area (Å²) in [5.41, 5.74) is 8.13. The summed E-state index contributed by atoms with van der Waals surface area (Å²) in [5.74, 6) is 0.00829. The average Bonchev–Trinajstić information content (AvgIpc) is 2.78. The van der Waals surface area contributed by atoms with Crippen molar-refractivity contribution in [3.05, 3.63) is 70.4 Å². The SMILES string of the molecule is Cc1ccccc1NC(=O)Nc1nc(=O)c(-c2ccc(CNCCCNC(=N)N)nc2)c[nH]1.